The molecule has 7 unspecified atom stereocenters. The van der Waals surface area contributed by atoms with E-state index in [2.05, 4.69) is 79.9 Å². The van der Waals surface area contributed by atoms with E-state index in [9.17, 15) is 30.3 Å². The second-order valence-electron chi connectivity index (χ2n) is 23.2. The molecule has 1 rings (SSSR count). The second kappa shape index (κ2) is 58.8. The second-order valence-corrected chi connectivity index (χ2v) is 23.2. The molecule has 0 saturated carbocycles. The minimum Gasteiger partial charge on any atom is -0.394 e. The Morgan fingerprint density at radius 2 is 0.759 bits per heavy atom. The van der Waals surface area contributed by atoms with Gasteiger partial charge in [-0.1, -0.05) is 292 Å². The van der Waals surface area contributed by atoms with Crippen LogP contribution < -0.4 is 5.32 Å². The van der Waals surface area contributed by atoms with Gasteiger partial charge in [-0.2, -0.15) is 0 Å². The minimum absolute atomic E-state index is 0.194. The first-order chi connectivity index (χ1) is 38.8. The first kappa shape index (κ1) is 74.6. The largest absolute Gasteiger partial charge is 0.394 e. The van der Waals surface area contributed by atoms with E-state index in [4.69, 9.17) is 9.47 Å². The molecule has 1 aliphatic heterocycles. The number of aliphatic hydroxyl groups excluding tert-OH is 5. The van der Waals surface area contributed by atoms with Gasteiger partial charge in [0.2, 0.25) is 5.91 Å². The third kappa shape index (κ3) is 47.8. The molecule has 6 N–H and O–H groups in total. The van der Waals surface area contributed by atoms with Crippen LogP contribution in [0.2, 0.25) is 0 Å². The van der Waals surface area contributed by atoms with E-state index in [-0.39, 0.29) is 12.5 Å². The average Bonchev–Trinajstić information content (AvgIpc) is 3.47. The van der Waals surface area contributed by atoms with Gasteiger partial charge in [-0.05, 0) is 83.5 Å². The van der Waals surface area contributed by atoms with Gasteiger partial charge < -0.3 is 40.3 Å². The van der Waals surface area contributed by atoms with Crippen LogP contribution in [0.3, 0.4) is 0 Å². The molecule has 0 aromatic heterocycles. The topological polar surface area (TPSA) is 149 Å². The molecular weight excluding hydrogens is 983 g/mol. The Hall–Kier alpha value is -2.37. The molecule has 0 spiro atoms. The molecular formula is C70H127NO8. The highest BCUT2D eigenvalue weighted by molar-refractivity contribution is 5.76. The average molecular weight is 1110 g/mol. The Morgan fingerprint density at radius 3 is 1.15 bits per heavy atom. The standard InChI is InChI=1S/C70H127NO8/c1-3-5-7-9-11-13-15-17-19-21-23-25-27-29-30-31-32-33-34-36-37-39-41-43-45-47-49-51-53-55-57-59-64(73)63(62-78-70-69(77)68(76)67(75)65(61-72)79-70)71-66(74)60-58-56-54-52-50-48-46-44-42-40-38-35-28-26-24-22-20-18-16-14-12-10-8-6-4-2/h16,18,22,24,28,35,41,43,49,51,57,59,63-65,67-70,72-73,75-77H,3-15,17,19-21,23,25-27,29-34,36-40,42,44-48,50,52-56,58,60-62H2,1-2H3,(H,71,74)/b18-16-,24-22-,35-28-,43-41+,51-49+,59-57+. The lowest BCUT2D eigenvalue weighted by Gasteiger charge is -2.40. The predicted molar refractivity (Wildman–Crippen MR) is 336 cm³/mol. The molecule has 0 aromatic rings. The van der Waals surface area contributed by atoms with Crippen LogP contribution in [-0.4, -0.2) is 87.5 Å². The fraction of sp³-hybridized carbons (Fsp3) is 0.814. The monoisotopic (exact) mass is 1110 g/mol. The zero-order valence-electron chi connectivity index (χ0n) is 51.4. The van der Waals surface area contributed by atoms with Crippen molar-refractivity contribution in [2.24, 2.45) is 0 Å². The van der Waals surface area contributed by atoms with E-state index in [0.717, 1.165) is 70.6 Å². The quantitative estimate of drug-likeness (QED) is 0.0261. The van der Waals surface area contributed by atoms with Gasteiger partial charge in [-0.3, -0.25) is 4.79 Å². The molecule has 79 heavy (non-hydrogen) atoms. The maximum atomic E-state index is 13.1. The van der Waals surface area contributed by atoms with Gasteiger partial charge >= 0.3 is 0 Å². The highest BCUT2D eigenvalue weighted by atomic mass is 16.7. The van der Waals surface area contributed by atoms with Gasteiger partial charge in [0.05, 0.1) is 25.4 Å². The maximum absolute atomic E-state index is 13.1. The Balaban J connectivity index is 2.20. The lowest BCUT2D eigenvalue weighted by atomic mass is 9.99. The summed E-state index contributed by atoms with van der Waals surface area (Å²) < 4.78 is 11.3. The van der Waals surface area contributed by atoms with Crippen molar-refractivity contribution in [1.82, 2.24) is 5.32 Å². The van der Waals surface area contributed by atoms with Crippen LogP contribution in [0.25, 0.3) is 0 Å². The van der Waals surface area contributed by atoms with E-state index in [1.54, 1.807) is 6.08 Å². The molecule has 9 heteroatoms. The summed E-state index contributed by atoms with van der Waals surface area (Å²) in [5, 5.41) is 54.7. The number of carbonyl (C=O) groups excluding carboxylic acids is 1. The zero-order valence-corrected chi connectivity index (χ0v) is 51.4. The van der Waals surface area contributed by atoms with Crippen molar-refractivity contribution in [2.45, 2.75) is 352 Å². The first-order valence-electron chi connectivity index (χ1n) is 33.7. The summed E-state index contributed by atoms with van der Waals surface area (Å²) in [7, 11) is 0. The summed E-state index contributed by atoms with van der Waals surface area (Å²) in [5.74, 6) is -0.194. The Kier molecular flexibility index (Phi) is 55.6. The van der Waals surface area contributed by atoms with E-state index >= 15 is 0 Å². The number of allylic oxidation sites excluding steroid dienone is 11. The maximum Gasteiger partial charge on any atom is 0.220 e. The van der Waals surface area contributed by atoms with Crippen molar-refractivity contribution >= 4 is 5.91 Å². The van der Waals surface area contributed by atoms with Gasteiger partial charge in [0.1, 0.15) is 24.4 Å². The molecule has 0 bridgehead atoms. The molecule has 460 valence electrons. The molecule has 1 amide bonds. The third-order valence-electron chi connectivity index (χ3n) is 15.7. The molecule has 7 atom stereocenters. The first-order valence-corrected chi connectivity index (χ1v) is 33.7. The van der Waals surface area contributed by atoms with E-state index in [0.29, 0.717) is 6.42 Å². The molecule has 9 nitrogen and oxygen atoms in total. The summed E-state index contributed by atoms with van der Waals surface area (Å²) >= 11 is 0. The number of hydrogen-bond acceptors (Lipinski definition) is 8. The zero-order chi connectivity index (χ0) is 57.2. The Labute approximate surface area is 487 Å². The number of hydrogen-bond donors (Lipinski definition) is 6. The van der Waals surface area contributed by atoms with Crippen LogP contribution in [0.5, 0.6) is 0 Å². The van der Waals surface area contributed by atoms with Crippen molar-refractivity contribution in [3.63, 3.8) is 0 Å². The van der Waals surface area contributed by atoms with Crippen LogP contribution in [0.4, 0.5) is 0 Å². The van der Waals surface area contributed by atoms with Crippen molar-refractivity contribution < 1.29 is 39.8 Å². The summed E-state index contributed by atoms with van der Waals surface area (Å²) in [5.41, 5.74) is 0. The van der Waals surface area contributed by atoms with Crippen molar-refractivity contribution in [2.75, 3.05) is 13.2 Å². The third-order valence-corrected chi connectivity index (χ3v) is 15.7. The van der Waals surface area contributed by atoms with E-state index in [1.165, 1.54) is 218 Å². The van der Waals surface area contributed by atoms with Gasteiger partial charge in [0.15, 0.2) is 6.29 Å². The molecule has 0 radical (unpaired) electrons. The van der Waals surface area contributed by atoms with Crippen LogP contribution in [-0.2, 0) is 14.3 Å². The molecule has 1 saturated heterocycles. The Bertz CT molecular complexity index is 1470. The van der Waals surface area contributed by atoms with Crippen molar-refractivity contribution in [1.29, 1.82) is 0 Å². The Morgan fingerprint density at radius 1 is 0.430 bits per heavy atom. The fourth-order valence-electron chi connectivity index (χ4n) is 10.4. The number of amides is 1. The lowest BCUT2D eigenvalue weighted by Crippen LogP contribution is -2.60. The highest BCUT2D eigenvalue weighted by Crippen LogP contribution is 2.23. The fourth-order valence-corrected chi connectivity index (χ4v) is 10.4. The molecule has 0 aliphatic carbocycles. The molecule has 0 aromatic carbocycles. The number of aliphatic hydroxyl groups is 5. The van der Waals surface area contributed by atoms with Crippen LogP contribution >= 0.6 is 0 Å². The van der Waals surface area contributed by atoms with Crippen molar-refractivity contribution in [3.8, 4) is 0 Å². The summed E-state index contributed by atoms with van der Waals surface area (Å²) in [6.07, 6.45) is 75.7. The van der Waals surface area contributed by atoms with Crippen LogP contribution in [0.1, 0.15) is 309 Å². The molecule has 1 heterocycles. The summed E-state index contributed by atoms with van der Waals surface area (Å²) in [6, 6.07) is -0.836. The van der Waals surface area contributed by atoms with E-state index in [1.807, 2.05) is 6.08 Å². The summed E-state index contributed by atoms with van der Waals surface area (Å²) in [4.78, 5) is 13.1. The number of nitrogens with one attached hydrogen (secondary N) is 1. The van der Waals surface area contributed by atoms with Gasteiger partial charge in [0.25, 0.3) is 0 Å². The van der Waals surface area contributed by atoms with Crippen LogP contribution in [0, 0.1) is 0 Å². The number of rotatable bonds is 58. The van der Waals surface area contributed by atoms with Crippen LogP contribution in [0.15, 0.2) is 72.9 Å². The predicted octanol–water partition coefficient (Wildman–Crippen LogP) is 18.0. The number of carbonyl (C=O) groups is 1. The van der Waals surface area contributed by atoms with Gasteiger partial charge in [-0.25, -0.2) is 0 Å². The number of ether oxygens (including phenoxy) is 2. The van der Waals surface area contributed by atoms with Gasteiger partial charge in [0, 0.05) is 6.42 Å². The van der Waals surface area contributed by atoms with E-state index < -0.39 is 49.5 Å². The SMILES string of the molecule is CCCCCCC/C=C\C/C=C\C/C=C\CCCCCCCCCCCCC(=O)NC(COC1OC(CO)C(O)C(O)C1O)C(O)/C=C/CC/C=C/CC/C=C/CCCCCCCCCCCCCCCCCCCCCCC. The van der Waals surface area contributed by atoms with Gasteiger partial charge in [-0.15, -0.1) is 0 Å². The molecule has 1 aliphatic rings. The van der Waals surface area contributed by atoms with Crippen molar-refractivity contribution in [3.05, 3.63) is 72.9 Å². The minimum atomic E-state index is -1.58. The smallest absolute Gasteiger partial charge is 0.220 e. The summed E-state index contributed by atoms with van der Waals surface area (Å²) in [6.45, 7) is 3.77. The normalized spacial score (nSPS) is 19.0. The number of unbranched alkanes of at least 4 members (excludes halogenated alkanes) is 38. The molecule has 1 fully saturated rings. The lowest BCUT2D eigenvalue weighted by molar-refractivity contribution is -0.302. The highest BCUT2D eigenvalue weighted by Gasteiger charge is 2.44.